The van der Waals surface area contributed by atoms with E-state index in [2.05, 4.69) is 27.1 Å². The summed E-state index contributed by atoms with van der Waals surface area (Å²) in [5.74, 6) is 0.909. The molecule has 0 spiro atoms. The minimum Gasteiger partial charge on any atom is -0.393 e. The first kappa shape index (κ1) is 24.4. The van der Waals surface area contributed by atoms with Crippen molar-refractivity contribution in [2.75, 3.05) is 4.90 Å². The number of anilines is 1. The molecule has 0 bridgehead atoms. The zero-order chi connectivity index (χ0) is 23.2. The Labute approximate surface area is 198 Å². The maximum Gasteiger partial charge on any atom is 0.142 e. The van der Waals surface area contributed by atoms with Crippen molar-refractivity contribution in [2.24, 2.45) is 0 Å². The van der Waals surface area contributed by atoms with Gasteiger partial charge in [0.25, 0.3) is 0 Å². The first-order valence-electron chi connectivity index (χ1n) is 13.3. The molecule has 2 aromatic heterocycles. The van der Waals surface area contributed by atoms with Gasteiger partial charge in [0.2, 0.25) is 0 Å². The van der Waals surface area contributed by atoms with Crippen molar-refractivity contribution in [3.05, 3.63) is 18.6 Å². The minimum absolute atomic E-state index is 0.0195. The minimum atomic E-state index is -0.518. The van der Waals surface area contributed by atoms with Gasteiger partial charge in [-0.3, -0.25) is 0 Å². The second-order valence-corrected chi connectivity index (χ2v) is 10.3. The molecule has 0 radical (unpaired) electrons. The number of H-pyrrole nitrogens is 1. The van der Waals surface area contributed by atoms with Crippen LogP contribution >= 0.6 is 0 Å². The van der Waals surface area contributed by atoms with Crippen LogP contribution < -0.4 is 10.2 Å². The van der Waals surface area contributed by atoms with Crippen LogP contribution in [0.4, 0.5) is 5.82 Å². The van der Waals surface area contributed by atoms with E-state index >= 15 is 0 Å². The molecule has 2 saturated carbocycles. The lowest BCUT2D eigenvalue weighted by Crippen LogP contribution is -2.62. The Morgan fingerprint density at radius 2 is 1.76 bits per heavy atom. The number of aromatic nitrogens is 3. The highest BCUT2D eigenvalue weighted by molar-refractivity contribution is 5.87. The molecule has 2 aromatic rings. The SMILES string of the molecule is CCC(O)C(C(CC(C)O)NC1CCCCC1)N(c1ncnc2[nH]ccc12)C1CCCCC1. The molecule has 2 aliphatic rings. The molecule has 0 amide bonds. The monoisotopic (exact) mass is 457 g/mol. The molecule has 7 nitrogen and oxygen atoms in total. The van der Waals surface area contributed by atoms with Crippen LogP contribution in [0, 0.1) is 0 Å². The first-order valence-corrected chi connectivity index (χ1v) is 13.3. The summed E-state index contributed by atoms with van der Waals surface area (Å²) in [4.78, 5) is 14.9. The van der Waals surface area contributed by atoms with Gasteiger partial charge in [-0.15, -0.1) is 0 Å². The van der Waals surface area contributed by atoms with Crippen LogP contribution in [0.2, 0.25) is 0 Å². The highest BCUT2D eigenvalue weighted by atomic mass is 16.3. The average Bonchev–Trinajstić information content (AvgIpc) is 3.32. The molecule has 184 valence electrons. The van der Waals surface area contributed by atoms with Crippen molar-refractivity contribution in [1.29, 1.82) is 0 Å². The van der Waals surface area contributed by atoms with Crippen LogP contribution in [0.25, 0.3) is 11.0 Å². The number of rotatable bonds is 10. The lowest BCUT2D eigenvalue weighted by Gasteiger charge is -2.47. The van der Waals surface area contributed by atoms with Crippen molar-refractivity contribution < 1.29 is 10.2 Å². The van der Waals surface area contributed by atoms with Gasteiger partial charge in [0.05, 0.1) is 23.6 Å². The zero-order valence-electron chi connectivity index (χ0n) is 20.4. The summed E-state index contributed by atoms with van der Waals surface area (Å²) in [7, 11) is 0. The van der Waals surface area contributed by atoms with Crippen LogP contribution in [0.15, 0.2) is 18.6 Å². The topological polar surface area (TPSA) is 97.3 Å². The third-order valence-corrected chi connectivity index (χ3v) is 7.74. The molecular weight excluding hydrogens is 414 g/mol. The standard InChI is InChI=1S/C26H43N5O2/c1-3-23(33)24(22(16-18(2)32)30-19-10-6-4-7-11-19)31(20-12-8-5-9-13-20)26-21-14-15-27-25(21)28-17-29-26/h14-15,17-20,22-24,30,32-33H,3-13,16H2,1-2H3,(H,27,28,29). The smallest absolute Gasteiger partial charge is 0.142 e. The Kier molecular flexibility index (Phi) is 8.61. The maximum atomic E-state index is 11.5. The third-order valence-electron chi connectivity index (χ3n) is 7.74. The summed E-state index contributed by atoms with van der Waals surface area (Å²) in [5, 5.41) is 26.9. The molecule has 4 atom stereocenters. The fraction of sp³-hybridized carbons (Fsp3) is 0.769. The van der Waals surface area contributed by atoms with E-state index in [4.69, 9.17) is 4.98 Å². The van der Waals surface area contributed by atoms with Gasteiger partial charge in [-0.25, -0.2) is 9.97 Å². The average molecular weight is 458 g/mol. The van der Waals surface area contributed by atoms with Gasteiger partial charge in [0, 0.05) is 24.3 Å². The van der Waals surface area contributed by atoms with Crippen molar-refractivity contribution in [1.82, 2.24) is 20.3 Å². The Morgan fingerprint density at radius 1 is 1.06 bits per heavy atom. The van der Waals surface area contributed by atoms with E-state index in [1.54, 1.807) is 6.33 Å². The summed E-state index contributed by atoms with van der Waals surface area (Å²) >= 11 is 0. The second kappa shape index (κ2) is 11.6. The number of aliphatic hydroxyl groups excluding tert-OH is 2. The molecule has 2 fully saturated rings. The third kappa shape index (κ3) is 5.87. The molecular formula is C26H43N5O2. The van der Waals surface area contributed by atoms with Crippen molar-refractivity contribution >= 4 is 16.9 Å². The van der Waals surface area contributed by atoms with Crippen LogP contribution in [-0.2, 0) is 0 Å². The first-order chi connectivity index (χ1) is 16.1. The number of hydrogen-bond donors (Lipinski definition) is 4. The number of aromatic amines is 1. The van der Waals surface area contributed by atoms with Gasteiger partial charge in [-0.2, -0.15) is 0 Å². The molecule has 33 heavy (non-hydrogen) atoms. The Morgan fingerprint density at radius 3 is 2.42 bits per heavy atom. The second-order valence-electron chi connectivity index (χ2n) is 10.3. The number of nitrogens with zero attached hydrogens (tertiary/aromatic N) is 3. The molecule has 4 N–H and O–H groups in total. The van der Waals surface area contributed by atoms with Gasteiger partial charge >= 0.3 is 0 Å². The highest BCUT2D eigenvalue weighted by Crippen LogP contribution is 2.35. The van der Waals surface area contributed by atoms with E-state index in [9.17, 15) is 10.2 Å². The summed E-state index contributed by atoms with van der Waals surface area (Å²) in [6.45, 7) is 3.92. The van der Waals surface area contributed by atoms with Crippen LogP contribution in [-0.4, -0.2) is 61.5 Å². The van der Waals surface area contributed by atoms with E-state index in [0.717, 1.165) is 29.7 Å². The number of hydrogen-bond acceptors (Lipinski definition) is 6. The van der Waals surface area contributed by atoms with Crippen molar-refractivity contribution in [3.8, 4) is 0 Å². The van der Waals surface area contributed by atoms with Crippen LogP contribution in [0.1, 0.15) is 90.9 Å². The highest BCUT2D eigenvalue weighted by Gasteiger charge is 2.40. The zero-order valence-corrected chi connectivity index (χ0v) is 20.4. The van der Waals surface area contributed by atoms with Gasteiger partial charge in [-0.1, -0.05) is 45.4 Å². The lowest BCUT2D eigenvalue weighted by molar-refractivity contribution is 0.0834. The maximum absolute atomic E-state index is 11.5. The number of nitrogens with one attached hydrogen (secondary N) is 2. The summed E-state index contributed by atoms with van der Waals surface area (Å²) in [6, 6.07) is 2.63. The molecule has 2 heterocycles. The summed E-state index contributed by atoms with van der Waals surface area (Å²) in [5.41, 5.74) is 0.831. The quantitative estimate of drug-likeness (QED) is 0.425. The lowest BCUT2D eigenvalue weighted by atomic mass is 9.86. The molecule has 0 saturated heterocycles. The summed E-state index contributed by atoms with van der Waals surface area (Å²) in [6.07, 6.45) is 15.9. The van der Waals surface area contributed by atoms with Crippen LogP contribution in [0.5, 0.6) is 0 Å². The van der Waals surface area contributed by atoms with Gasteiger partial charge in [-0.05, 0) is 51.5 Å². The van der Waals surface area contributed by atoms with Gasteiger partial charge in [0.15, 0.2) is 0 Å². The predicted molar refractivity (Wildman–Crippen MR) is 133 cm³/mol. The van der Waals surface area contributed by atoms with E-state index < -0.39 is 12.2 Å². The molecule has 7 heteroatoms. The Hall–Kier alpha value is -1.70. The molecule has 4 unspecified atom stereocenters. The largest absolute Gasteiger partial charge is 0.393 e. The molecule has 0 aromatic carbocycles. The molecule has 2 aliphatic carbocycles. The van der Waals surface area contributed by atoms with Crippen molar-refractivity contribution in [3.63, 3.8) is 0 Å². The fourth-order valence-electron chi connectivity index (χ4n) is 6.12. The Bertz CT molecular complexity index is 844. The van der Waals surface area contributed by atoms with Crippen molar-refractivity contribution in [2.45, 2.75) is 127 Å². The van der Waals surface area contributed by atoms with E-state index in [1.165, 1.54) is 51.4 Å². The summed E-state index contributed by atoms with van der Waals surface area (Å²) < 4.78 is 0. The van der Waals surface area contributed by atoms with E-state index in [0.29, 0.717) is 24.9 Å². The van der Waals surface area contributed by atoms with Crippen LogP contribution in [0.3, 0.4) is 0 Å². The number of fused-ring (bicyclic) bond motifs is 1. The number of aliphatic hydroxyl groups is 2. The fourth-order valence-corrected chi connectivity index (χ4v) is 6.12. The van der Waals surface area contributed by atoms with Gasteiger partial charge in [0.1, 0.15) is 17.8 Å². The van der Waals surface area contributed by atoms with Gasteiger partial charge < -0.3 is 25.4 Å². The molecule has 0 aliphatic heterocycles. The van der Waals surface area contributed by atoms with E-state index in [-0.39, 0.29) is 12.1 Å². The van der Waals surface area contributed by atoms with E-state index in [1.807, 2.05) is 19.2 Å². The Balaban J connectivity index is 1.76. The molecule has 4 rings (SSSR count). The predicted octanol–water partition coefficient (Wildman–Crippen LogP) is 4.30. The normalized spacial score (nSPS) is 22.2.